The highest BCUT2D eigenvalue weighted by molar-refractivity contribution is 5.99. The summed E-state index contributed by atoms with van der Waals surface area (Å²) in [7, 11) is 1.93. The Morgan fingerprint density at radius 3 is 2.52 bits per heavy atom. The number of fused-ring (bicyclic) bond motifs is 1. The van der Waals surface area contributed by atoms with Gasteiger partial charge in [-0.05, 0) is 35.9 Å². The molecule has 0 atom stereocenters. The van der Waals surface area contributed by atoms with Crippen molar-refractivity contribution in [3.63, 3.8) is 0 Å². The second-order valence-electron chi connectivity index (χ2n) is 8.39. The SMILES string of the molecule is Cn1c(C(=O)N2CCN(Cc3ccccc3)CC2)cc2cc(Oc3ccc(N)cn3)ccc21. The number of piperazine rings is 1. The van der Waals surface area contributed by atoms with Gasteiger partial charge in [-0.3, -0.25) is 9.69 Å². The van der Waals surface area contributed by atoms with Gasteiger partial charge in [0.15, 0.2) is 0 Å². The van der Waals surface area contributed by atoms with E-state index in [0.717, 1.165) is 43.6 Å². The van der Waals surface area contributed by atoms with Crippen LogP contribution in [0.15, 0.2) is 72.9 Å². The summed E-state index contributed by atoms with van der Waals surface area (Å²) < 4.78 is 7.81. The summed E-state index contributed by atoms with van der Waals surface area (Å²) in [6.45, 7) is 4.12. The van der Waals surface area contributed by atoms with Crippen LogP contribution in [-0.4, -0.2) is 51.4 Å². The van der Waals surface area contributed by atoms with Gasteiger partial charge in [-0.2, -0.15) is 0 Å². The van der Waals surface area contributed by atoms with Gasteiger partial charge in [0.25, 0.3) is 5.91 Å². The van der Waals surface area contributed by atoms with E-state index < -0.39 is 0 Å². The molecule has 0 spiro atoms. The lowest BCUT2D eigenvalue weighted by Crippen LogP contribution is -2.48. The molecule has 0 radical (unpaired) electrons. The van der Waals surface area contributed by atoms with Crippen molar-refractivity contribution in [3.05, 3.63) is 84.2 Å². The third-order valence-electron chi connectivity index (χ3n) is 6.12. The molecule has 0 bridgehead atoms. The molecule has 1 aliphatic rings. The maximum atomic E-state index is 13.3. The molecule has 2 N–H and O–H groups in total. The number of nitrogen functional groups attached to an aromatic ring is 1. The van der Waals surface area contributed by atoms with E-state index in [-0.39, 0.29) is 5.91 Å². The molecule has 7 heteroatoms. The molecular weight excluding hydrogens is 414 g/mol. The van der Waals surface area contributed by atoms with Crippen LogP contribution < -0.4 is 10.5 Å². The Labute approximate surface area is 193 Å². The summed E-state index contributed by atoms with van der Waals surface area (Å²) >= 11 is 0. The second kappa shape index (κ2) is 8.96. The van der Waals surface area contributed by atoms with Crippen LogP contribution in [0.3, 0.4) is 0 Å². The molecule has 1 saturated heterocycles. The Bertz CT molecular complexity index is 1260. The molecule has 168 valence electrons. The molecule has 0 unspecified atom stereocenters. The molecule has 3 heterocycles. The van der Waals surface area contributed by atoms with Crippen molar-refractivity contribution >= 4 is 22.5 Å². The predicted molar refractivity (Wildman–Crippen MR) is 129 cm³/mol. The van der Waals surface area contributed by atoms with Gasteiger partial charge in [0.2, 0.25) is 5.88 Å². The van der Waals surface area contributed by atoms with E-state index in [1.807, 2.05) is 46.8 Å². The van der Waals surface area contributed by atoms with E-state index in [1.54, 1.807) is 18.3 Å². The van der Waals surface area contributed by atoms with Crippen molar-refractivity contribution in [2.45, 2.75) is 6.54 Å². The highest BCUT2D eigenvalue weighted by Crippen LogP contribution is 2.27. The maximum Gasteiger partial charge on any atom is 0.270 e. The van der Waals surface area contributed by atoms with Gasteiger partial charge >= 0.3 is 0 Å². The van der Waals surface area contributed by atoms with Crippen LogP contribution in [0, 0.1) is 0 Å². The van der Waals surface area contributed by atoms with E-state index in [0.29, 0.717) is 23.0 Å². The van der Waals surface area contributed by atoms with Gasteiger partial charge < -0.3 is 19.9 Å². The number of amides is 1. The number of hydrogen-bond acceptors (Lipinski definition) is 5. The largest absolute Gasteiger partial charge is 0.439 e. The van der Waals surface area contributed by atoms with Crippen LogP contribution in [0.4, 0.5) is 5.69 Å². The topological polar surface area (TPSA) is 76.6 Å². The van der Waals surface area contributed by atoms with Crippen LogP contribution >= 0.6 is 0 Å². The van der Waals surface area contributed by atoms with E-state index in [1.165, 1.54) is 5.56 Å². The third kappa shape index (κ3) is 4.54. The number of anilines is 1. The van der Waals surface area contributed by atoms with E-state index >= 15 is 0 Å². The summed E-state index contributed by atoms with van der Waals surface area (Å²) in [4.78, 5) is 21.8. The van der Waals surface area contributed by atoms with Crippen molar-refractivity contribution in [3.8, 4) is 11.6 Å². The Morgan fingerprint density at radius 2 is 1.79 bits per heavy atom. The number of rotatable bonds is 5. The molecule has 1 amide bonds. The van der Waals surface area contributed by atoms with Crippen molar-refractivity contribution in [2.75, 3.05) is 31.9 Å². The predicted octanol–water partition coefficient (Wildman–Crippen LogP) is 3.91. The number of aromatic nitrogens is 2. The minimum Gasteiger partial charge on any atom is -0.439 e. The van der Waals surface area contributed by atoms with Crippen LogP contribution in [-0.2, 0) is 13.6 Å². The van der Waals surface area contributed by atoms with Gasteiger partial charge in [-0.15, -0.1) is 0 Å². The molecule has 33 heavy (non-hydrogen) atoms. The highest BCUT2D eigenvalue weighted by atomic mass is 16.5. The molecule has 2 aromatic carbocycles. The zero-order chi connectivity index (χ0) is 22.8. The van der Waals surface area contributed by atoms with Gasteiger partial charge in [0.05, 0.1) is 11.9 Å². The zero-order valence-electron chi connectivity index (χ0n) is 18.6. The summed E-state index contributed by atoms with van der Waals surface area (Å²) in [6, 6.07) is 21.7. The van der Waals surface area contributed by atoms with Crippen molar-refractivity contribution < 1.29 is 9.53 Å². The number of aryl methyl sites for hydroxylation is 1. The summed E-state index contributed by atoms with van der Waals surface area (Å²) in [6.07, 6.45) is 1.56. The van der Waals surface area contributed by atoms with Crippen LogP contribution in [0.25, 0.3) is 10.9 Å². The quantitative estimate of drug-likeness (QED) is 0.508. The van der Waals surface area contributed by atoms with Crippen LogP contribution in [0.5, 0.6) is 11.6 Å². The van der Waals surface area contributed by atoms with Gasteiger partial charge in [0.1, 0.15) is 11.4 Å². The van der Waals surface area contributed by atoms with E-state index in [4.69, 9.17) is 10.5 Å². The lowest BCUT2D eigenvalue weighted by atomic mass is 10.2. The van der Waals surface area contributed by atoms with E-state index in [2.05, 4.69) is 34.1 Å². The first kappa shape index (κ1) is 21.0. The Balaban J connectivity index is 1.27. The highest BCUT2D eigenvalue weighted by Gasteiger charge is 2.24. The second-order valence-corrected chi connectivity index (χ2v) is 8.39. The fraction of sp³-hybridized carbons (Fsp3) is 0.231. The first-order valence-corrected chi connectivity index (χ1v) is 11.1. The number of hydrogen-bond donors (Lipinski definition) is 1. The van der Waals surface area contributed by atoms with Crippen molar-refractivity contribution in [1.29, 1.82) is 0 Å². The fourth-order valence-corrected chi connectivity index (χ4v) is 4.28. The number of nitrogens with zero attached hydrogens (tertiary/aromatic N) is 4. The standard InChI is InChI=1S/C26H27N5O2/c1-29-23-9-8-22(33-25-10-7-21(27)17-28-25)15-20(23)16-24(29)26(32)31-13-11-30(12-14-31)18-19-5-3-2-4-6-19/h2-10,15-17H,11-14,18,27H2,1H3. The number of nitrogens with two attached hydrogens (primary N) is 1. The maximum absolute atomic E-state index is 13.3. The Morgan fingerprint density at radius 1 is 1.00 bits per heavy atom. The first-order valence-electron chi connectivity index (χ1n) is 11.1. The molecule has 4 aromatic rings. The number of ether oxygens (including phenoxy) is 1. The lowest BCUT2D eigenvalue weighted by Gasteiger charge is -2.34. The molecule has 0 saturated carbocycles. The normalized spacial score (nSPS) is 14.5. The number of carbonyl (C=O) groups excluding carboxylic acids is 1. The van der Waals surface area contributed by atoms with Gasteiger partial charge in [0, 0.05) is 56.7 Å². The molecule has 7 nitrogen and oxygen atoms in total. The number of pyridine rings is 1. The number of benzene rings is 2. The monoisotopic (exact) mass is 441 g/mol. The molecule has 1 aliphatic heterocycles. The van der Waals surface area contributed by atoms with Crippen LogP contribution in [0.2, 0.25) is 0 Å². The minimum absolute atomic E-state index is 0.0655. The Hall–Kier alpha value is -3.84. The molecule has 5 rings (SSSR count). The average molecular weight is 442 g/mol. The molecule has 0 aliphatic carbocycles. The lowest BCUT2D eigenvalue weighted by molar-refractivity contribution is 0.0619. The molecular formula is C26H27N5O2. The zero-order valence-corrected chi connectivity index (χ0v) is 18.6. The van der Waals surface area contributed by atoms with Gasteiger partial charge in [-0.1, -0.05) is 30.3 Å². The smallest absolute Gasteiger partial charge is 0.270 e. The summed E-state index contributed by atoms with van der Waals surface area (Å²) in [5.41, 5.74) is 9.25. The third-order valence-corrected chi connectivity index (χ3v) is 6.12. The number of carbonyl (C=O) groups is 1. The molecule has 1 fully saturated rings. The average Bonchev–Trinajstić information content (AvgIpc) is 3.17. The van der Waals surface area contributed by atoms with Crippen molar-refractivity contribution in [2.24, 2.45) is 7.05 Å². The Kier molecular flexibility index (Phi) is 5.71. The molecule has 2 aromatic heterocycles. The van der Waals surface area contributed by atoms with E-state index in [9.17, 15) is 4.79 Å². The van der Waals surface area contributed by atoms with Crippen LogP contribution in [0.1, 0.15) is 16.1 Å². The fourth-order valence-electron chi connectivity index (χ4n) is 4.28. The van der Waals surface area contributed by atoms with Gasteiger partial charge in [-0.25, -0.2) is 4.98 Å². The minimum atomic E-state index is 0.0655. The summed E-state index contributed by atoms with van der Waals surface area (Å²) in [5.74, 6) is 1.21. The van der Waals surface area contributed by atoms with Crippen molar-refractivity contribution in [1.82, 2.24) is 19.4 Å². The first-order chi connectivity index (χ1) is 16.1. The summed E-state index contributed by atoms with van der Waals surface area (Å²) in [5, 5.41) is 0.955.